The average Bonchev–Trinajstić information content (AvgIpc) is 3.53. The van der Waals surface area contributed by atoms with Crippen LogP contribution in [0.5, 0.6) is 0 Å². The quantitative estimate of drug-likeness (QED) is 0.457. The Hall–Kier alpha value is -2.36. The molecule has 1 saturated heterocycles. The zero-order valence-electron chi connectivity index (χ0n) is 17.5. The average molecular weight is 378 g/mol. The number of carbonyl (C=O) groups excluding carboxylic acids is 1. The topological polar surface area (TPSA) is 44.7 Å². The van der Waals surface area contributed by atoms with Crippen molar-refractivity contribution in [3.63, 3.8) is 0 Å². The molecule has 0 radical (unpaired) electrons. The van der Waals surface area contributed by atoms with Gasteiger partial charge in [-0.2, -0.15) is 0 Å². The van der Waals surface area contributed by atoms with E-state index in [1.54, 1.807) is 0 Å². The van der Waals surface area contributed by atoms with Crippen molar-refractivity contribution in [1.82, 2.24) is 10.2 Å². The number of hydrogen-bond acceptors (Lipinski definition) is 3. The number of allylic oxidation sites excluding steroid dienone is 1. The molecular formula is C24H31N3O. The molecule has 3 aliphatic rings. The number of aliphatic imine (C=N–C) groups is 1. The minimum absolute atomic E-state index is 0.103. The number of benzene rings is 1. The molecule has 4 nitrogen and oxygen atoms in total. The second-order valence-electron chi connectivity index (χ2n) is 9.17. The molecule has 1 unspecified atom stereocenters. The summed E-state index contributed by atoms with van der Waals surface area (Å²) in [5.74, 6) is 2.72. The van der Waals surface area contributed by atoms with Crippen LogP contribution in [0.3, 0.4) is 0 Å². The lowest BCUT2D eigenvalue weighted by Crippen LogP contribution is -2.34. The molecule has 2 saturated carbocycles. The number of nitrogens with one attached hydrogen (secondary N) is 1. The van der Waals surface area contributed by atoms with E-state index in [4.69, 9.17) is 0 Å². The van der Waals surface area contributed by atoms with Crippen LogP contribution >= 0.6 is 0 Å². The third-order valence-electron chi connectivity index (χ3n) is 6.69. The lowest BCUT2D eigenvalue weighted by Gasteiger charge is -2.24. The van der Waals surface area contributed by atoms with Gasteiger partial charge in [-0.3, -0.25) is 4.79 Å². The molecule has 1 amide bonds. The first-order chi connectivity index (χ1) is 13.3. The van der Waals surface area contributed by atoms with E-state index in [1.807, 2.05) is 25.7 Å². The Morgan fingerprint density at radius 2 is 1.75 bits per heavy atom. The minimum Gasteiger partial charge on any atom is -0.365 e. The molecule has 1 heterocycles. The zero-order valence-corrected chi connectivity index (χ0v) is 17.5. The largest absolute Gasteiger partial charge is 0.365 e. The van der Waals surface area contributed by atoms with Gasteiger partial charge in [0, 0.05) is 29.8 Å². The predicted molar refractivity (Wildman–Crippen MR) is 114 cm³/mol. The SMILES string of the molecule is C=N/C(NC1(C)CC1)=C(\C)C(C(=O)N1C[C@@H]2C(c3ccccc3)[C@@H]2C1)=C(C)C. The molecule has 1 aromatic rings. The van der Waals surface area contributed by atoms with Crippen molar-refractivity contribution in [3.05, 3.63) is 58.4 Å². The Labute approximate surface area is 168 Å². The van der Waals surface area contributed by atoms with Crippen LogP contribution in [0.1, 0.15) is 52.0 Å². The molecule has 1 aliphatic heterocycles. The summed E-state index contributed by atoms with van der Waals surface area (Å²) in [6, 6.07) is 10.7. The molecule has 3 fully saturated rings. The summed E-state index contributed by atoms with van der Waals surface area (Å²) in [7, 11) is 0. The van der Waals surface area contributed by atoms with Crippen LogP contribution in [0, 0.1) is 11.8 Å². The molecule has 1 aromatic carbocycles. The second-order valence-corrected chi connectivity index (χ2v) is 9.17. The van der Waals surface area contributed by atoms with Crippen molar-refractivity contribution in [3.8, 4) is 0 Å². The number of hydrogen-bond donors (Lipinski definition) is 1. The summed E-state index contributed by atoms with van der Waals surface area (Å²) in [4.78, 5) is 19.6. The molecule has 28 heavy (non-hydrogen) atoms. The van der Waals surface area contributed by atoms with Gasteiger partial charge in [0.25, 0.3) is 5.91 Å². The molecule has 3 atom stereocenters. The van der Waals surface area contributed by atoms with Gasteiger partial charge in [-0.25, -0.2) is 4.99 Å². The van der Waals surface area contributed by atoms with Gasteiger partial charge >= 0.3 is 0 Å². The van der Waals surface area contributed by atoms with Crippen LogP contribution in [0.2, 0.25) is 0 Å². The Morgan fingerprint density at radius 1 is 1.14 bits per heavy atom. The van der Waals surface area contributed by atoms with Crippen LogP contribution in [-0.2, 0) is 4.79 Å². The number of rotatable bonds is 6. The van der Waals surface area contributed by atoms with Crippen molar-refractivity contribution in [2.24, 2.45) is 16.8 Å². The number of amides is 1. The lowest BCUT2D eigenvalue weighted by molar-refractivity contribution is -0.126. The third-order valence-corrected chi connectivity index (χ3v) is 6.69. The summed E-state index contributed by atoms with van der Waals surface area (Å²) >= 11 is 0. The summed E-state index contributed by atoms with van der Waals surface area (Å²) in [6.45, 7) is 13.7. The molecule has 148 valence electrons. The van der Waals surface area contributed by atoms with Crippen molar-refractivity contribution in [2.75, 3.05) is 13.1 Å². The van der Waals surface area contributed by atoms with Crippen LogP contribution in [0.4, 0.5) is 0 Å². The fraction of sp³-hybridized carbons (Fsp3) is 0.500. The number of carbonyl (C=O) groups is 1. The highest BCUT2D eigenvalue weighted by molar-refractivity contribution is 5.98. The first kappa shape index (κ1) is 19.0. The molecule has 1 N–H and O–H groups in total. The molecule has 2 aliphatic carbocycles. The van der Waals surface area contributed by atoms with Crippen molar-refractivity contribution in [2.45, 2.75) is 52.0 Å². The normalized spacial score (nSPS) is 27.4. The smallest absolute Gasteiger partial charge is 0.254 e. The molecular weight excluding hydrogens is 346 g/mol. The Balaban J connectivity index is 1.49. The standard InChI is InChI=1S/C24H31N3O/c1-15(2)20(16(3)22(25-5)26-24(4)11-12-24)23(28)27-13-18-19(14-27)21(18)17-9-7-6-8-10-17/h6-10,18-19,21,26H,5,11-14H2,1-4H3/b22-16-/t18-,19+,21?. The van der Waals surface area contributed by atoms with E-state index >= 15 is 0 Å². The van der Waals surface area contributed by atoms with Crippen LogP contribution in [0.25, 0.3) is 0 Å². The number of fused-ring (bicyclic) bond motifs is 1. The maximum Gasteiger partial charge on any atom is 0.254 e. The van der Waals surface area contributed by atoms with Crippen LogP contribution in [0.15, 0.2) is 57.9 Å². The maximum atomic E-state index is 13.4. The number of likely N-dealkylation sites (tertiary alicyclic amines) is 1. The maximum absolute atomic E-state index is 13.4. The van der Waals surface area contributed by atoms with Crippen LogP contribution in [-0.4, -0.2) is 36.2 Å². The first-order valence-electron chi connectivity index (χ1n) is 10.3. The van der Waals surface area contributed by atoms with Gasteiger partial charge in [-0.05, 0) is 70.6 Å². The van der Waals surface area contributed by atoms with Crippen molar-refractivity contribution >= 4 is 12.6 Å². The highest BCUT2D eigenvalue weighted by Gasteiger charge is 2.57. The van der Waals surface area contributed by atoms with E-state index in [9.17, 15) is 4.79 Å². The monoisotopic (exact) mass is 377 g/mol. The van der Waals surface area contributed by atoms with Gasteiger partial charge in [-0.1, -0.05) is 35.9 Å². The van der Waals surface area contributed by atoms with Gasteiger partial charge in [0.05, 0.1) is 0 Å². The molecule has 0 bridgehead atoms. The lowest BCUT2D eigenvalue weighted by atomic mass is 10.00. The van der Waals surface area contributed by atoms with Crippen molar-refractivity contribution in [1.29, 1.82) is 0 Å². The van der Waals surface area contributed by atoms with E-state index in [2.05, 4.69) is 54.3 Å². The zero-order chi connectivity index (χ0) is 20.1. The highest BCUT2D eigenvalue weighted by atomic mass is 16.2. The Kier molecular flexibility index (Phi) is 4.68. The summed E-state index contributed by atoms with van der Waals surface area (Å²) in [5, 5.41) is 3.49. The number of piperidine rings is 1. The summed E-state index contributed by atoms with van der Waals surface area (Å²) in [6.07, 6.45) is 2.27. The van der Waals surface area contributed by atoms with Gasteiger partial charge in [-0.15, -0.1) is 0 Å². The highest BCUT2D eigenvalue weighted by Crippen LogP contribution is 2.58. The number of nitrogens with zero attached hydrogens (tertiary/aromatic N) is 2. The molecule has 0 aromatic heterocycles. The fourth-order valence-corrected chi connectivity index (χ4v) is 4.74. The van der Waals surface area contributed by atoms with Crippen molar-refractivity contribution < 1.29 is 4.79 Å². The predicted octanol–water partition coefficient (Wildman–Crippen LogP) is 4.27. The minimum atomic E-state index is 0.103. The Morgan fingerprint density at radius 3 is 2.25 bits per heavy atom. The fourth-order valence-electron chi connectivity index (χ4n) is 4.74. The van der Waals surface area contributed by atoms with Gasteiger partial charge in [0.2, 0.25) is 0 Å². The van der Waals surface area contributed by atoms with E-state index in [-0.39, 0.29) is 11.4 Å². The molecule has 4 heteroatoms. The van der Waals surface area contributed by atoms with E-state index < -0.39 is 0 Å². The van der Waals surface area contributed by atoms with Gasteiger partial charge in [0.15, 0.2) is 0 Å². The van der Waals surface area contributed by atoms with E-state index in [1.165, 1.54) is 5.56 Å². The van der Waals surface area contributed by atoms with Gasteiger partial charge in [0.1, 0.15) is 5.82 Å². The summed E-state index contributed by atoms with van der Waals surface area (Å²) < 4.78 is 0. The van der Waals surface area contributed by atoms with Gasteiger partial charge < -0.3 is 10.2 Å². The van der Waals surface area contributed by atoms with E-state index in [0.29, 0.717) is 17.8 Å². The third kappa shape index (κ3) is 3.41. The molecule has 4 rings (SSSR count). The molecule has 0 spiro atoms. The Bertz CT molecular complexity index is 847. The second kappa shape index (κ2) is 6.91. The van der Waals surface area contributed by atoms with Crippen LogP contribution < -0.4 is 5.32 Å². The first-order valence-corrected chi connectivity index (χ1v) is 10.3. The summed E-state index contributed by atoms with van der Waals surface area (Å²) in [5.41, 5.74) is 4.26. The van der Waals surface area contributed by atoms with E-state index in [0.717, 1.165) is 48.5 Å².